The van der Waals surface area contributed by atoms with Gasteiger partial charge in [-0.2, -0.15) is 0 Å². The third-order valence-electron chi connectivity index (χ3n) is 6.68. The van der Waals surface area contributed by atoms with Crippen LogP contribution in [0.25, 0.3) is 22.6 Å². The number of aliphatic carboxylic acids is 1. The molecular weight excluding hydrogens is 480 g/mol. The number of pyridine rings is 1. The highest BCUT2D eigenvalue weighted by atomic mass is 16.4. The van der Waals surface area contributed by atoms with Crippen LogP contribution in [0, 0.1) is 18.3 Å². The molecule has 0 atom stereocenters. The van der Waals surface area contributed by atoms with Crippen molar-refractivity contribution in [1.82, 2.24) is 34.8 Å². The summed E-state index contributed by atoms with van der Waals surface area (Å²) in [6.07, 6.45) is 9.55. The molecule has 3 aromatic heterocycles. The van der Waals surface area contributed by atoms with Crippen LogP contribution in [0.3, 0.4) is 0 Å². The van der Waals surface area contributed by atoms with Crippen molar-refractivity contribution in [3.63, 3.8) is 0 Å². The van der Waals surface area contributed by atoms with Crippen molar-refractivity contribution in [3.05, 3.63) is 71.7 Å². The number of piperidine rings is 1. The summed E-state index contributed by atoms with van der Waals surface area (Å²) in [6.45, 7) is 2.94. The Hall–Kier alpha value is -4.62. The van der Waals surface area contributed by atoms with Gasteiger partial charge in [0.05, 0.1) is 35.7 Å². The summed E-state index contributed by atoms with van der Waals surface area (Å²) in [4.78, 5) is 27.0. The van der Waals surface area contributed by atoms with Gasteiger partial charge in [-0.15, -0.1) is 11.5 Å². The first-order chi connectivity index (χ1) is 18.5. The van der Waals surface area contributed by atoms with Gasteiger partial charge in [-0.3, -0.25) is 9.78 Å². The number of carboxylic acids is 1. The van der Waals surface area contributed by atoms with E-state index in [1.165, 1.54) is 0 Å². The van der Waals surface area contributed by atoms with Crippen LogP contribution in [0.4, 0.5) is 5.95 Å². The minimum Gasteiger partial charge on any atom is -0.481 e. The number of aromatic nitrogens is 6. The van der Waals surface area contributed by atoms with E-state index in [9.17, 15) is 9.90 Å². The molecule has 4 aromatic rings. The molecule has 5 rings (SSSR count). The van der Waals surface area contributed by atoms with Gasteiger partial charge in [-0.05, 0) is 56.3 Å². The van der Waals surface area contributed by atoms with Gasteiger partial charge in [-0.25, -0.2) is 14.6 Å². The Morgan fingerprint density at radius 1 is 1.03 bits per heavy atom. The smallest absolute Gasteiger partial charge is 0.306 e. The van der Waals surface area contributed by atoms with Gasteiger partial charge in [0.1, 0.15) is 5.69 Å². The average Bonchev–Trinajstić information content (AvgIpc) is 3.40. The SMILES string of the molecule is C#Cc1cccc(-c2cc(-c3cn(Cc4cccc(CCN5CCC(C(=O)O)CC5)n4)nn3)nc(N)n2)c1. The van der Waals surface area contributed by atoms with Gasteiger partial charge >= 0.3 is 5.97 Å². The number of hydrogen-bond acceptors (Lipinski definition) is 8. The van der Waals surface area contributed by atoms with E-state index in [0.29, 0.717) is 36.5 Å². The minimum absolute atomic E-state index is 0.139. The maximum atomic E-state index is 11.2. The van der Waals surface area contributed by atoms with E-state index in [-0.39, 0.29) is 11.9 Å². The van der Waals surface area contributed by atoms with Crippen molar-refractivity contribution in [3.8, 4) is 35.0 Å². The number of terminal acetylenes is 1. The number of rotatable bonds is 8. The van der Waals surface area contributed by atoms with E-state index in [0.717, 1.165) is 48.6 Å². The Kier molecular flexibility index (Phi) is 7.38. The molecule has 1 aromatic carbocycles. The third-order valence-corrected chi connectivity index (χ3v) is 6.68. The Morgan fingerprint density at radius 3 is 2.58 bits per heavy atom. The lowest BCUT2D eigenvalue weighted by atomic mass is 9.97. The van der Waals surface area contributed by atoms with Crippen LogP contribution in [-0.2, 0) is 17.8 Å². The first-order valence-corrected chi connectivity index (χ1v) is 12.5. The van der Waals surface area contributed by atoms with Crippen molar-refractivity contribution in [2.75, 3.05) is 25.4 Å². The van der Waals surface area contributed by atoms with Crippen molar-refractivity contribution in [2.45, 2.75) is 25.8 Å². The number of hydrogen-bond donors (Lipinski definition) is 2. The molecule has 0 bridgehead atoms. The van der Waals surface area contributed by atoms with Crippen LogP contribution in [0.5, 0.6) is 0 Å². The number of carboxylic acid groups (broad SMARTS) is 1. The van der Waals surface area contributed by atoms with Gasteiger partial charge in [0.25, 0.3) is 0 Å². The first-order valence-electron chi connectivity index (χ1n) is 12.5. The van der Waals surface area contributed by atoms with Crippen LogP contribution in [-0.4, -0.2) is 65.6 Å². The molecule has 0 unspecified atom stereocenters. The molecule has 3 N–H and O–H groups in total. The number of anilines is 1. The van der Waals surface area contributed by atoms with Crippen LogP contribution in [0.15, 0.2) is 54.7 Å². The number of nitrogens with zero attached hydrogens (tertiary/aromatic N) is 7. The van der Waals surface area contributed by atoms with E-state index in [4.69, 9.17) is 17.1 Å². The van der Waals surface area contributed by atoms with Gasteiger partial charge in [-0.1, -0.05) is 29.3 Å². The zero-order valence-electron chi connectivity index (χ0n) is 20.9. The molecular formula is C28H28N8O2. The minimum atomic E-state index is -0.686. The summed E-state index contributed by atoms with van der Waals surface area (Å²) in [5.41, 5.74) is 11.3. The number of nitrogens with two attached hydrogens (primary N) is 1. The van der Waals surface area contributed by atoms with Crippen LogP contribution < -0.4 is 5.73 Å². The fourth-order valence-corrected chi connectivity index (χ4v) is 4.61. The molecule has 1 aliphatic rings. The van der Waals surface area contributed by atoms with Crippen LogP contribution in [0.2, 0.25) is 0 Å². The molecule has 10 nitrogen and oxygen atoms in total. The summed E-state index contributed by atoms with van der Waals surface area (Å²) in [5, 5.41) is 17.7. The monoisotopic (exact) mass is 508 g/mol. The molecule has 0 radical (unpaired) electrons. The van der Waals surface area contributed by atoms with Crippen molar-refractivity contribution in [2.24, 2.45) is 5.92 Å². The van der Waals surface area contributed by atoms with E-state index in [1.807, 2.05) is 54.7 Å². The Labute approximate surface area is 220 Å². The fourth-order valence-electron chi connectivity index (χ4n) is 4.61. The third kappa shape index (κ3) is 6.02. The zero-order chi connectivity index (χ0) is 26.5. The van der Waals surface area contributed by atoms with E-state index in [1.54, 1.807) is 4.68 Å². The predicted octanol–water partition coefficient (Wildman–Crippen LogP) is 2.75. The summed E-state index contributed by atoms with van der Waals surface area (Å²) < 4.78 is 1.72. The van der Waals surface area contributed by atoms with Gasteiger partial charge in [0, 0.05) is 29.8 Å². The molecule has 38 heavy (non-hydrogen) atoms. The highest BCUT2D eigenvalue weighted by Crippen LogP contribution is 2.24. The quantitative estimate of drug-likeness (QED) is 0.344. The second-order valence-corrected chi connectivity index (χ2v) is 9.35. The highest BCUT2D eigenvalue weighted by Gasteiger charge is 2.24. The maximum absolute atomic E-state index is 11.2. The lowest BCUT2D eigenvalue weighted by Crippen LogP contribution is -2.37. The van der Waals surface area contributed by atoms with E-state index < -0.39 is 5.97 Å². The van der Waals surface area contributed by atoms with Crippen LogP contribution >= 0.6 is 0 Å². The van der Waals surface area contributed by atoms with Crippen molar-refractivity contribution >= 4 is 11.9 Å². The highest BCUT2D eigenvalue weighted by molar-refractivity contribution is 5.70. The molecule has 0 saturated carbocycles. The first kappa shape index (κ1) is 25.0. The van der Waals surface area contributed by atoms with Crippen molar-refractivity contribution in [1.29, 1.82) is 0 Å². The molecule has 1 saturated heterocycles. The molecule has 1 fully saturated rings. The zero-order valence-corrected chi connectivity index (χ0v) is 20.9. The topological polar surface area (TPSA) is 136 Å². The predicted molar refractivity (Wildman–Crippen MR) is 143 cm³/mol. The van der Waals surface area contributed by atoms with E-state index >= 15 is 0 Å². The summed E-state index contributed by atoms with van der Waals surface area (Å²) in [5.74, 6) is 1.87. The normalized spacial score (nSPS) is 14.3. The molecule has 1 aliphatic heterocycles. The van der Waals surface area contributed by atoms with E-state index in [2.05, 4.69) is 31.1 Å². The molecule has 4 heterocycles. The fraction of sp³-hybridized carbons (Fsp3) is 0.286. The Balaban J connectivity index is 1.24. The summed E-state index contributed by atoms with van der Waals surface area (Å²) in [7, 11) is 0. The Bertz CT molecular complexity index is 1480. The molecule has 192 valence electrons. The van der Waals surface area contributed by atoms with Gasteiger partial charge in [0.2, 0.25) is 5.95 Å². The van der Waals surface area contributed by atoms with Gasteiger partial charge < -0.3 is 15.7 Å². The standard InChI is InChI=1S/C28H28N8O2/c1-2-19-5-3-6-21(15-19)24-16-25(32-28(29)31-24)26-18-36(34-33-26)17-23-8-4-7-22(30-23)11-14-35-12-9-20(10-13-35)27(37)38/h1,3-8,15-16,18,20H,9-14,17H2,(H,37,38)(H2,29,31,32). The summed E-state index contributed by atoms with van der Waals surface area (Å²) >= 11 is 0. The molecule has 10 heteroatoms. The van der Waals surface area contributed by atoms with Crippen LogP contribution in [0.1, 0.15) is 29.8 Å². The van der Waals surface area contributed by atoms with Gasteiger partial charge in [0.15, 0.2) is 0 Å². The molecule has 0 amide bonds. The number of benzene rings is 1. The second kappa shape index (κ2) is 11.2. The lowest BCUT2D eigenvalue weighted by molar-refractivity contribution is -0.143. The number of likely N-dealkylation sites (tertiary alicyclic amines) is 1. The average molecular weight is 509 g/mol. The molecule has 0 aliphatic carbocycles. The summed E-state index contributed by atoms with van der Waals surface area (Å²) in [6, 6.07) is 15.3. The Morgan fingerprint density at radius 2 is 1.79 bits per heavy atom. The number of nitrogen functional groups attached to an aromatic ring is 1. The van der Waals surface area contributed by atoms with Crippen molar-refractivity contribution < 1.29 is 9.90 Å². The lowest BCUT2D eigenvalue weighted by Gasteiger charge is -2.29. The maximum Gasteiger partial charge on any atom is 0.306 e. The molecule has 0 spiro atoms. The number of carbonyl (C=O) groups is 1. The second-order valence-electron chi connectivity index (χ2n) is 9.35. The largest absolute Gasteiger partial charge is 0.481 e.